The maximum atomic E-state index is 12.4. The zero-order valence-corrected chi connectivity index (χ0v) is 10.9. The second-order valence-electron chi connectivity index (χ2n) is 4.03. The van der Waals surface area contributed by atoms with Crippen molar-refractivity contribution in [3.8, 4) is 0 Å². The predicted molar refractivity (Wildman–Crippen MR) is 65.9 cm³/mol. The second kappa shape index (κ2) is 5.61. The number of rotatable bonds is 4. The number of nitrogens with zero attached hydrogens (tertiary/aromatic N) is 3. The number of hydrogen-bond donors (Lipinski definition) is 1. The van der Waals surface area contributed by atoms with E-state index in [-0.39, 0.29) is 11.4 Å². The first-order chi connectivity index (χ1) is 9.36. The lowest BCUT2D eigenvalue weighted by Crippen LogP contribution is -2.22. The Kier molecular flexibility index (Phi) is 4.07. The largest absolute Gasteiger partial charge is 0.481 e. The number of allylic oxidation sites excluding steroid dienone is 2. The fourth-order valence-electron chi connectivity index (χ4n) is 1.55. The topological polar surface area (TPSA) is 66.3 Å². The van der Waals surface area contributed by atoms with Gasteiger partial charge in [0.1, 0.15) is 5.01 Å². The average Bonchev–Trinajstić information content (AvgIpc) is 2.86. The molecule has 0 fully saturated rings. The molecule has 0 radical (unpaired) electrons. The molecule has 1 aromatic heterocycles. The van der Waals surface area contributed by atoms with Crippen LogP contribution in [-0.4, -0.2) is 38.4 Å². The molecule has 0 saturated heterocycles. The standard InChI is InChI=1S/C11H10F3N3O2S/c12-11(13,14)10-15-9(20-16-10)7-1-4-17(5-2-7)6-3-8(18)19/h1-2,4H,3,5-6H2,(H,18,19). The first-order valence-electron chi connectivity index (χ1n) is 5.62. The van der Waals surface area contributed by atoms with E-state index >= 15 is 0 Å². The third kappa shape index (κ3) is 3.56. The maximum Gasteiger partial charge on any atom is 0.452 e. The first-order valence-corrected chi connectivity index (χ1v) is 6.39. The van der Waals surface area contributed by atoms with Crippen LogP contribution in [0.4, 0.5) is 13.2 Å². The summed E-state index contributed by atoms with van der Waals surface area (Å²) in [7, 11) is 0. The minimum absolute atomic E-state index is 0.00451. The van der Waals surface area contributed by atoms with Crippen molar-refractivity contribution in [2.45, 2.75) is 12.6 Å². The Labute approximate surface area is 116 Å². The highest BCUT2D eigenvalue weighted by Crippen LogP contribution is 2.30. The van der Waals surface area contributed by atoms with Gasteiger partial charge in [-0.3, -0.25) is 4.79 Å². The second-order valence-corrected chi connectivity index (χ2v) is 4.79. The fraction of sp³-hybridized carbons (Fsp3) is 0.364. The lowest BCUT2D eigenvalue weighted by molar-refractivity contribution is -0.144. The highest BCUT2D eigenvalue weighted by molar-refractivity contribution is 7.06. The van der Waals surface area contributed by atoms with Crippen molar-refractivity contribution >= 4 is 23.1 Å². The van der Waals surface area contributed by atoms with Crippen LogP contribution in [-0.2, 0) is 11.0 Å². The molecule has 0 atom stereocenters. The molecular weight excluding hydrogens is 295 g/mol. The zero-order valence-electron chi connectivity index (χ0n) is 10.1. The smallest absolute Gasteiger partial charge is 0.452 e. The number of aliphatic carboxylic acids is 1. The van der Waals surface area contributed by atoms with Crippen molar-refractivity contribution in [3.05, 3.63) is 29.2 Å². The lowest BCUT2D eigenvalue weighted by atomic mass is 10.2. The third-order valence-electron chi connectivity index (χ3n) is 2.55. The van der Waals surface area contributed by atoms with Gasteiger partial charge in [0.25, 0.3) is 0 Å². The van der Waals surface area contributed by atoms with Crippen LogP contribution in [0.25, 0.3) is 5.57 Å². The normalized spacial score (nSPS) is 15.3. The van der Waals surface area contributed by atoms with Gasteiger partial charge in [0, 0.05) is 24.9 Å². The summed E-state index contributed by atoms with van der Waals surface area (Å²) >= 11 is 0.689. The van der Waals surface area contributed by atoms with Crippen LogP contribution >= 0.6 is 11.5 Å². The van der Waals surface area contributed by atoms with Gasteiger partial charge in [0.05, 0.1) is 6.42 Å². The van der Waals surface area contributed by atoms with Crippen molar-refractivity contribution in [2.75, 3.05) is 13.1 Å². The number of hydrogen-bond acceptors (Lipinski definition) is 5. The van der Waals surface area contributed by atoms with Crippen LogP contribution in [0.2, 0.25) is 0 Å². The summed E-state index contributed by atoms with van der Waals surface area (Å²) in [6, 6.07) is 0. The van der Waals surface area contributed by atoms with Gasteiger partial charge < -0.3 is 10.0 Å². The Morgan fingerprint density at radius 2 is 2.25 bits per heavy atom. The number of carbonyl (C=O) groups is 1. The summed E-state index contributed by atoms with van der Waals surface area (Å²) in [5.74, 6) is -2.03. The van der Waals surface area contributed by atoms with Gasteiger partial charge in [-0.25, -0.2) is 4.98 Å². The molecule has 0 amide bonds. The van der Waals surface area contributed by atoms with E-state index < -0.39 is 18.0 Å². The van der Waals surface area contributed by atoms with E-state index in [4.69, 9.17) is 5.11 Å². The molecule has 2 rings (SSSR count). The Hall–Kier alpha value is -1.90. The summed E-state index contributed by atoms with van der Waals surface area (Å²) in [6.45, 7) is 0.777. The molecule has 0 spiro atoms. The van der Waals surface area contributed by atoms with E-state index in [0.29, 0.717) is 30.2 Å². The molecule has 20 heavy (non-hydrogen) atoms. The van der Waals surface area contributed by atoms with E-state index in [9.17, 15) is 18.0 Å². The molecule has 5 nitrogen and oxygen atoms in total. The number of carboxylic acids is 1. The summed E-state index contributed by atoms with van der Waals surface area (Å²) < 4.78 is 40.4. The third-order valence-corrected chi connectivity index (χ3v) is 3.31. The minimum Gasteiger partial charge on any atom is -0.481 e. The lowest BCUT2D eigenvalue weighted by Gasteiger charge is -2.21. The summed E-state index contributed by atoms with van der Waals surface area (Å²) in [5.41, 5.74) is 0.560. The summed E-state index contributed by atoms with van der Waals surface area (Å²) in [6.07, 6.45) is 0.410. The van der Waals surface area contributed by atoms with Crippen LogP contribution in [0, 0.1) is 0 Å². The van der Waals surface area contributed by atoms with Crippen LogP contribution in [0.3, 0.4) is 0 Å². The molecule has 1 aliphatic rings. The zero-order chi connectivity index (χ0) is 14.8. The molecule has 0 aromatic carbocycles. The molecule has 0 saturated carbocycles. The van der Waals surface area contributed by atoms with Crippen molar-refractivity contribution < 1.29 is 23.1 Å². The van der Waals surface area contributed by atoms with Gasteiger partial charge in [-0.1, -0.05) is 6.08 Å². The van der Waals surface area contributed by atoms with Gasteiger partial charge in [-0.2, -0.15) is 17.5 Å². The highest BCUT2D eigenvalue weighted by atomic mass is 32.1. The predicted octanol–water partition coefficient (Wildman–Crippen LogP) is 2.24. The van der Waals surface area contributed by atoms with Crippen LogP contribution in [0.15, 0.2) is 18.4 Å². The molecule has 1 aromatic rings. The molecule has 0 aliphatic carbocycles. The Morgan fingerprint density at radius 1 is 1.50 bits per heavy atom. The monoisotopic (exact) mass is 305 g/mol. The summed E-state index contributed by atoms with van der Waals surface area (Å²) in [5, 5.41) is 8.76. The van der Waals surface area contributed by atoms with Gasteiger partial charge in [0.2, 0.25) is 5.82 Å². The number of halogens is 3. The van der Waals surface area contributed by atoms with Crippen molar-refractivity contribution in [1.82, 2.24) is 14.3 Å². The Balaban J connectivity index is 2.01. The van der Waals surface area contributed by atoms with E-state index in [1.807, 2.05) is 0 Å². The van der Waals surface area contributed by atoms with Crippen LogP contribution < -0.4 is 0 Å². The van der Waals surface area contributed by atoms with Crippen molar-refractivity contribution in [2.24, 2.45) is 0 Å². The Bertz CT molecular complexity index is 566. The first kappa shape index (κ1) is 14.5. The highest BCUT2D eigenvalue weighted by Gasteiger charge is 2.36. The van der Waals surface area contributed by atoms with Gasteiger partial charge >= 0.3 is 12.1 Å². The van der Waals surface area contributed by atoms with Gasteiger partial charge in [-0.05, 0) is 17.6 Å². The van der Waals surface area contributed by atoms with Crippen LogP contribution in [0.1, 0.15) is 17.3 Å². The SMILES string of the molecule is O=C(O)CCN1C=CC(c2nc(C(F)(F)F)ns2)=CC1. The quantitative estimate of drug-likeness (QED) is 0.924. The van der Waals surface area contributed by atoms with E-state index in [1.54, 1.807) is 23.3 Å². The van der Waals surface area contributed by atoms with E-state index in [0.717, 1.165) is 0 Å². The van der Waals surface area contributed by atoms with E-state index in [2.05, 4.69) is 9.36 Å². The van der Waals surface area contributed by atoms with Gasteiger partial charge in [0.15, 0.2) is 0 Å². The number of aromatic nitrogens is 2. The molecule has 2 heterocycles. The molecular formula is C11H10F3N3O2S. The Morgan fingerprint density at radius 3 is 2.75 bits per heavy atom. The molecule has 108 valence electrons. The van der Waals surface area contributed by atoms with Crippen LogP contribution in [0.5, 0.6) is 0 Å². The fourth-order valence-corrected chi connectivity index (χ4v) is 2.25. The van der Waals surface area contributed by atoms with Crippen molar-refractivity contribution in [3.63, 3.8) is 0 Å². The van der Waals surface area contributed by atoms with Gasteiger partial charge in [-0.15, -0.1) is 0 Å². The van der Waals surface area contributed by atoms with E-state index in [1.165, 1.54) is 0 Å². The average molecular weight is 305 g/mol. The van der Waals surface area contributed by atoms with Crippen molar-refractivity contribution in [1.29, 1.82) is 0 Å². The minimum atomic E-state index is -4.54. The molecule has 1 N–H and O–H groups in total. The maximum absolute atomic E-state index is 12.4. The number of alkyl halides is 3. The molecule has 9 heteroatoms. The molecule has 0 unspecified atom stereocenters. The molecule has 0 bridgehead atoms. The number of carboxylic acid groups (broad SMARTS) is 1. The summed E-state index contributed by atoms with van der Waals surface area (Å²) in [4.78, 5) is 15.6. The molecule has 1 aliphatic heterocycles.